The maximum atomic E-state index is 12.0. The first-order valence-corrected chi connectivity index (χ1v) is 9.93. The highest BCUT2D eigenvalue weighted by molar-refractivity contribution is 8.23. The highest BCUT2D eigenvalue weighted by Gasteiger charge is 2.19. The second-order valence-corrected chi connectivity index (χ2v) is 8.15. The first-order valence-electron chi connectivity index (χ1n) is 8.53. The molecule has 0 unspecified atom stereocenters. The molecule has 3 rings (SSSR count). The minimum Gasteiger partial charge on any atom is -0.458 e. The number of pyridine rings is 1. The van der Waals surface area contributed by atoms with E-state index in [2.05, 4.69) is 16.8 Å². The normalized spacial score (nSPS) is 15.5. The molecule has 1 fully saturated rings. The number of carbonyl (C=O) groups excluding carboxylic acids is 1. The van der Waals surface area contributed by atoms with E-state index in [1.54, 1.807) is 0 Å². The molecule has 2 aromatic rings. The third kappa shape index (κ3) is 4.73. The van der Waals surface area contributed by atoms with Crippen molar-refractivity contribution in [3.05, 3.63) is 35.8 Å². The maximum Gasteiger partial charge on any atom is 0.316 e. The van der Waals surface area contributed by atoms with Crippen molar-refractivity contribution < 1.29 is 9.53 Å². The molecule has 2 aromatic heterocycles. The number of carbonyl (C=O) groups is 1. The van der Waals surface area contributed by atoms with Crippen LogP contribution in [0, 0.1) is 12.8 Å². The average Bonchev–Trinajstić information content (AvgIpc) is 3.03. The first kappa shape index (κ1) is 18.2. The first-order chi connectivity index (χ1) is 12.0. The van der Waals surface area contributed by atoms with Crippen LogP contribution in [-0.2, 0) is 16.1 Å². The van der Waals surface area contributed by atoms with Gasteiger partial charge in [0.1, 0.15) is 16.6 Å². The Hall–Kier alpha value is -1.60. The van der Waals surface area contributed by atoms with Crippen LogP contribution in [0.4, 0.5) is 0 Å². The van der Waals surface area contributed by atoms with Gasteiger partial charge in [-0.25, -0.2) is 4.98 Å². The topological polar surface area (TPSA) is 46.8 Å². The molecule has 0 amide bonds. The number of hydrogen-bond acceptors (Lipinski definition) is 5. The van der Waals surface area contributed by atoms with Gasteiger partial charge in [-0.05, 0) is 37.3 Å². The van der Waals surface area contributed by atoms with Crippen molar-refractivity contribution in [1.82, 2.24) is 14.3 Å². The highest BCUT2D eigenvalue weighted by Crippen LogP contribution is 2.20. The van der Waals surface area contributed by atoms with Crippen LogP contribution >= 0.6 is 24.0 Å². The van der Waals surface area contributed by atoms with E-state index in [4.69, 9.17) is 17.0 Å². The number of thioether (sulfide) groups is 1. The van der Waals surface area contributed by atoms with E-state index in [0.29, 0.717) is 0 Å². The Morgan fingerprint density at radius 3 is 2.92 bits per heavy atom. The Morgan fingerprint density at radius 1 is 1.44 bits per heavy atom. The van der Waals surface area contributed by atoms with E-state index in [-0.39, 0.29) is 18.3 Å². The molecule has 1 aliphatic rings. The summed E-state index contributed by atoms with van der Waals surface area (Å²) in [6.07, 6.45) is 6.16. The summed E-state index contributed by atoms with van der Waals surface area (Å²) in [5.41, 5.74) is 2.74. The number of likely N-dealkylation sites (tertiary alicyclic amines) is 1. The van der Waals surface area contributed by atoms with Crippen LogP contribution < -0.4 is 0 Å². The lowest BCUT2D eigenvalue weighted by atomic mass is 10.00. The number of fused-ring (bicyclic) bond motifs is 1. The minimum atomic E-state index is -0.258. The zero-order valence-corrected chi connectivity index (χ0v) is 16.2. The molecule has 5 nitrogen and oxygen atoms in total. The summed E-state index contributed by atoms with van der Waals surface area (Å²) in [5, 5.41) is 0. The number of rotatable bonds is 4. The van der Waals surface area contributed by atoms with Gasteiger partial charge in [0.25, 0.3) is 0 Å². The molecule has 0 saturated carbocycles. The molecule has 1 aliphatic heterocycles. The van der Waals surface area contributed by atoms with E-state index in [9.17, 15) is 4.79 Å². The van der Waals surface area contributed by atoms with Gasteiger partial charge in [-0.3, -0.25) is 4.79 Å². The molecule has 134 valence electrons. The van der Waals surface area contributed by atoms with E-state index in [0.717, 1.165) is 40.2 Å². The van der Waals surface area contributed by atoms with Crippen LogP contribution in [-0.4, -0.2) is 43.4 Å². The summed E-state index contributed by atoms with van der Waals surface area (Å²) in [6.45, 7) is 6.45. The Morgan fingerprint density at radius 2 is 2.20 bits per heavy atom. The molecule has 3 heterocycles. The smallest absolute Gasteiger partial charge is 0.316 e. The van der Waals surface area contributed by atoms with E-state index < -0.39 is 0 Å². The Bertz CT molecular complexity index is 767. The fraction of sp³-hybridized carbons (Fsp3) is 0.500. The summed E-state index contributed by atoms with van der Waals surface area (Å²) in [5.74, 6) is 0.756. The van der Waals surface area contributed by atoms with Crippen LogP contribution in [0.5, 0.6) is 0 Å². The van der Waals surface area contributed by atoms with Crippen LogP contribution in [0.25, 0.3) is 5.65 Å². The lowest BCUT2D eigenvalue weighted by Gasteiger charge is -2.31. The van der Waals surface area contributed by atoms with Gasteiger partial charge in [0.05, 0.1) is 11.4 Å². The Balaban J connectivity index is 1.44. The van der Waals surface area contributed by atoms with Crippen molar-refractivity contribution in [1.29, 1.82) is 0 Å². The summed E-state index contributed by atoms with van der Waals surface area (Å²) in [7, 11) is 0. The molecule has 0 radical (unpaired) electrons. The SMILES string of the molecule is Cc1cccn2cc(COC(=O)CSC(=S)N3CCC(C)CC3)nc12. The number of thiocarbonyl (C=S) groups is 1. The number of esters is 1. The number of ether oxygens (including phenoxy) is 1. The number of piperidine rings is 1. The van der Waals surface area contributed by atoms with Crippen LogP contribution in [0.1, 0.15) is 31.0 Å². The number of hydrogen-bond donors (Lipinski definition) is 0. The average molecular weight is 378 g/mol. The lowest BCUT2D eigenvalue weighted by Crippen LogP contribution is -2.35. The fourth-order valence-electron chi connectivity index (χ4n) is 2.87. The van der Waals surface area contributed by atoms with Gasteiger partial charge in [0, 0.05) is 25.5 Å². The molecule has 1 saturated heterocycles. The highest BCUT2D eigenvalue weighted by atomic mass is 32.2. The molecule has 0 bridgehead atoms. The van der Waals surface area contributed by atoms with Gasteiger partial charge < -0.3 is 14.0 Å². The van der Waals surface area contributed by atoms with Crippen molar-refractivity contribution in [2.45, 2.75) is 33.3 Å². The van der Waals surface area contributed by atoms with Crippen molar-refractivity contribution >= 4 is 39.9 Å². The van der Waals surface area contributed by atoms with Crippen LogP contribution in [0.3, 0.4) is 0 Å². The maximum absolute atomic E-state index is 12.0. The van der Waals surface area contributed by atoms with Crippen LogP contribution in [0.2, 0.25) is 0 Å². The molecular weight excluding hydrogens is 354 g/mol. The monoisotopic (exact) mass is 377 g/mol. The molecule has 0 aliphatic carbocycles. The summed E-state index contributed by atoms with van der Waals surface area (Å²) in [4.78, 5) is 18.7. The molecule has 7 heteroatoms. The molecule has 25 heavy (non-hydrogen) atoms. The van der Waals surface area contributed by atoms with Gasteiger partial charge in [-0.1, -0.05) is 37.0 Å². The minimum absolute atomic E-state index is 0.189. The third-order valence-corrected chi connectivity index (χ3v) is 5.96. The summed E-state index contributed by atoms with van der Waals surface area (Å²) < 4.78 is 8.08. The van der Waals surface area contributed by atoms with Crippen molar-refractivity contribution in [3.8, 4) is 0 Å². The van der Waals surface area contributed by atoms with Gasteiger partial charge >= 0.3 is 5.97 Å². The van der Waals surface area contributed by atoms with Crippen molar-refractivity contribution in [2.75, 3.05) is 18.8 Å². The molecular formula is C18H23N3O2S2. The third-order valence-electron chi connectivity index (χ3n) is 4.46. The standard InChI is InChI=1S/C18H23N3O2S2/c1-13-5-8-20(9-6-13)18(24)25-12-16(22)23-11-15-10-21-7-3-4-14(2)17(21)19-15/h3-4,7,10,13H,5-6,8-9,11-12H2,1-2H3. The van der Waals surface area contributed by atoms with Crippen molar-refractivity contribution in [3.63, 3.8) is 0 Å². The molecule has 0 N–H and O–H groups in total. The van der Waals surface area contributed by atoms with Crippen LogP contribution in [0.15, 0.2) is 24.5 Å². The predicted octanol–water partition coefficient (Wildman–Crippen LogP) is 3.44. The van der Waals surface area contributed by atoms with Gasteiger partial charge in [-0.2, -0.15) is 0 Å². The zero-order chi connectivity index (χ0) is 17.8. The van der Waals surface area contributed by atoms with E-state index >= 15 is 0 Å². The fourth-order valence-corrected chi connectivity index (χ4v) is 3.92. The molecule has 0 aromatic carbocycles. The second-order valence-electron chi connectivity index (χ2n) is 6.54. The number of imidazole rings is 1. The van der Waals surface area contributed by atoms with Gasteiger partial charge in [0.15, 0.2) is 0 Å². The van der Waals surface area contributed by atoms with Gasteiger partial charge in [-0.15, -0.1) is 0 Å². The second kappa shape index (κ2) is 8.19. The summed E-state index contributed by atoms with van der Waals surface area (Å²) >= 11 is 6.82. The zero-order valence-electron chi connectivity index (χ0n) is 14.6. The van der Waals surface area contributed by atoms with Gasteiger partial charge in [0.2, 0.25) is 0 Å². The largest absolute Gasteiger partial charge is 0.458 e. The number of nitrogens with zero attached hydrogens (tertiary/aromatic N) is 3. The Kier molecular flexibility index (Phi) is 5.96. The summed E-state index contributed by atoms with van der Waals surface area (Å²) in [6, 6.07) is 3.98. The number of aryl methyl sites for hydroxylation is 1. The predicted molar refractivity (Wildman–Crippen MR) is 105 cm³/mol. The van der Waals surface area contributed by atoms with E-state index in [1.165, 1.54) is 24.6 Å². The molecule has 0 spiro atoms. The van der Waals surface area contributed by atoms with E-state index in [1.807, 2.05) is 35.9 Å². The van der Waals surface area contributed by atoms with Crippen molar-refractivity contribution in [2.24, 2.45) is 5.92 Å². The number of aromatic nitrogens is 2. The lowest BCUT2D eigenvalue weighted by molar-refractivity contribution is -0.141. The molecule has 0 atom stereocenters. The Labute approximate surface area is 157 Å². The quantitative estimate of drug-likeness (QED) is 0.601.